The molecule has 6 heterocycles. The molecule has 5 N–H and O–H groups in total. The quantitative estimate of drug-likeness (QED) is 0.216. The molecule has 0 spiro atoms. The molecule has 6 rings (SSSR count). The molecule has 4 aromatic rings. The zero-order valence-electron chi connectivity index (χ0n) is 25.3. The standard InChI is InChI=1S/C30H32F5N9O2/c1-14(17-6-4-8-38-25(17)37)40-26-20-24(42-28(43-26)46-13-29-7-5-9-44(29)12-16(31)11-29)22(32)23(41-27(20)45-3)18-10-19(36)39-15(2)21(18)30(33,34)35/h4,6,8,10,14,16H,5,7,9,11-13H2,1-3H3,(H2,36,39)(H2,37,38)(H,40,42,43)/t14-,16-,29+/m1/s1. The molecule has 11 nitrogen and oxygen atoms in total. The molecule has 2 aliphatic rings. The number of halogens is 5. The Kier molecular flexibility index (Phi) is 7.94. The van der Waals surface area contributed by atoms with Crippen LogP contribution in [-0.4, -0.2) is 68.3 Å². The number of pyridine rings is 3. The van der Waals surface area contributed by atoms with Crippen LogP contribution in [0.5, 0.6) is 11.9 Å². The molecule has 16 heteroatoms. The number of hydrogen-bond acceptors (Lipinski definition) is 11. The molecule has 0 aliphatic carbocycles. The van der Waals surface area contributed by atoms with Crippen molar-refractivity contribution < 1.29 is 31.4 Å². The molecule has 0 aromatic carbocycles. The molecule has 0 amide bonds. The molecule has 0 bridgehead atoms. The number of hydrogen-bond donors (Lipinski definition) is 3. The summed E-state index contributed by atoms with van der Waals surface area (Å²) in [5.74, 6) is -1.46. The van der Waals surface area contributed by atoms with Gasteiger partial charge in [-0.15, -0.1) is 0 Å². The Hall–Kier alpha value is -4.60. The number of methoxy groups -OCH3 is 1. The van der Waals surface area contributed by atoms with Crippen LogP contribution < -0.4 is 26.3 Å². The van der Waals surface area contributed by atoms with Crippen LogP contribution in [0, 0.1) is 12.7 Å². The molecule has 0 unspecified atom stereocenters. The second-order valence-electron chi connectivity index (χ2n) is 11.6. The van der Waals surface area contributed by atoms with E-state index >= 15 is 4.39 Å². The lowest BCUT2D eigenvalue weighted by Crippen LogP contribution is -2.43. The minimum atomic E-state index is -4.91. The van der Waals surface area contributed by atoms with E-state index in [9.17, 15) is 17.6 Å². The molecule has 2 saturated heterocycles. The van der Waals surface area contributed by atoms with Gasteiger partial charge in [0.2, 0.25) is 5.88 Å². The number of nitrogen functional groups attached to an aromatic ring is 2. The monoisotopic (exact) mass is 645 g/mol. The summed E-state index contributed by atoms with van der Waals surface area (Å²) in [7, 11) is 1.23. The summed E-state index contributed by atoms with van der Waals surface area (Å²) in [5.41, 5.74) is 8.49. The summed E-state index contributed by atoms with van der Waals surface area (Å²) < 4.78 is 85.2. The van der Waals surface area contributed by atoms with Gasteiger partial charge in [0.05, 0.1) is 29.9 Å². The number of nitrogens with two attached hydrogens (primary N) is 2. The molecule has 2 aliphatic heterocycles. The zero-order chi connectivity index (χ0) is 33.0. The Morgan fingerprint density at radius 3 is 2.70 bits per heavy atom. The van der Waals surface area contributed by atoms with Gasteiger partial charge in [-0.1, -0.05) is 6.07 Å². The Morgan fingerprint density at radius 1 is 1.20 bits per heavy atom. The van der Waals surface area contributed by atoms with Gasteiger partial charge in [0.1, 0.15) is 46.8 Å². The van der Waals surface area contributed by atoms with E-state index in [0.29, 0.717) is 12.0 Å². The van der Waals surface area contributed by atoms with Crippen LogP contribution in [0.25, 0.3) is 22.2 Å². The van der Waals surface area contributed by atoms with E-state index in [1.54, 1.807) is 19.1 Å². The van der Waals surface area contributed by atoms with E-state index in [0.717, 1.165) is 26.0 Å². The van der Waals surface area contributed by atoms with Crippen LogP contribution >= 0.6 is 0 Å². The molecular weight excluding hydrogens is 613 g/mol. The second-order valence-corrected chi connectivity index (χ2v) is 11.6. The SMILES string of the molecule is COc1nc(-c2cc(N)nc(C)c2C(F)(F)F)c(F)c2nc(OC[C@@]34CCCN3C[C@H](F)C4)nc(N[C@H](C)c3cccnc3N)c12. The van der Waals surface area contributed by atoms with Crippen LogP contribution in [0.1, 0.15) is 49.0 Å². The molecule has 4 aromatic heterocycles. The topological polar surface area (TPSA) is 150 Å². The number of rotatable bonds is 8. The predicted octanol–water partition coefficient (Wildman–Crippen LogP) is 5.25. The number of nitrogens with zero attached hydrogens (tertiary/aromatic N) is 6. The number of anilines is 3. The van der Waals surface area contributed by atoms with Crippen LogP contribution in [-0.2, 0) is 6.18 Å². The molecule has 0 radical (unpaired) electrons. The lowest BCUT2D eigenvalue weighted by Gasteiger charge is -2.30. The van der Waals surface area contributed by atoms with Crippen molar-refractivity contribution in [2.45, 2.75) is 57.0 Å². The number of nitrogens with one attached hydrogen (secondary N) is 1. The van der Waals surface area contributed by atoms with E-state index < -0.39 is 57.8 Å². The van der Waals surface area contributed by atoms with E-state index in [1.165, 1.54) is 13.3 Å². The first kappa shape index (κ1) is 31.4. The van der Waals surface area contributed by atoms with Gasteiger partial charge < -0.3 is 26.3 Å². The van der Waals surface area contributed by atoms with Gasteiger partial charge in [-0.25, -0.2) is 23.7 Å². The van der Waals surface area contributed by atoms with E-state index in [2.05, 4.69) is 30.2 Å². The average molecular weight is 646 g/mol. The summed E-state index contributed by atoms with van der Waals surface area (Å²) in [5, 5.41) is 3.11. The summed E-state index contributed by atoms with van der Waals surface area (Å²) in [4.78, 5) is 22.9. The van der Waals surface area contributed by atoms with Gasteiger partial charge in [0.15, 0.2) is 5.82 Å². The van der Waals surface area contributed by atoms with Gasteiger partial charge in [0.25, 0.3) is 0 Å². The Labute approximate surface area is 260 Å². The van der Waals surface area contributed by atoms with E-state index in [-0.39, 0.29) is 54.3 Å². The zero-order valence-corrected chi connectivity index (χ0v) is 25.3. The van der Waals surface area contributed by atoms with Gasteiger partial charge in [0, 0.05) is 30.3 Å². The highest BCUT2D eigenvalue weighted by Crippen LogP contribution is 2.44. The fraction of sp³-hybridized carbons (Fsp3) is 0.433. The third-order valence-electron chi connectivity index (χ3n) is 8.61. The van der Waals surface area contributed by atoms with Crippen molar-refractivity contribution in [3.8, 4) is 23.1 Å². The predicted molar refractivity (Wildman–Crippen MR) is 160 cm³/mol. The number of alkyl halides is 4. The minimum absolute atomic E-state index is 0.0163. The van der Waals surface area contributed by atoms with Gasteiger partial charge >= 0.3 is 12.2 Å². The number of aromatic nitrogens is 5. The van der Waals surface area contributed by atoms with Crippen molar-refractivity contribution in [2.24, 2.45) is 0 Å². The molecule has 2 fully saturated rings. The van der Waals surface area contributed by atoms with Crippen molar-refractivity contribution in [1.29, 1.82) is 0 Å². The lowest BCUT2D eigenvalue weighted by atomic mass is 9.95. The molecule has 244 valence electrons. The molecular formula is C30H32F5N9O2. The van der Waals surface area contributed by atoms with Crippen LogP contribution in [0.15, 0.2) is 24.4 Å². The number of aryl methyl sites for hydroxylation is 1. The first-order valence-corrected chi connectivity index (χ1v) is 14.6. The molecule has 0 saturated carbocycles. The molecule has 46 heavy (non-hydrogen) atoms. The highest BCUT2D eigenvalue weighted by molar-refractivity contribution is 5.96. The smallest absolute Gasteiger partial charge is 0.418 e. The first-order chi connectivity index (χ1) is 21.8. The van der Waals surface area contributed by atoms with Crippen LogP contribution in [0.2, 0.25) is 0 Å². The van der Waals surface area contributed by atoms with E-state index in [4.69, 9.17) is 20.9 Å². The maximum Gasteiger partial charge on any atom is 0.418 e. The summed E-state index contributed by atoms with van der Waals surface area (Å²) in [6.45, 7) is 3.92. The van der Waals surface area contributed by atoms with Crippen LogP contribution in [0.3, 0.4) is 0 Å². The summed E-state index contributed by atoms with van der Waals surface area (Å²) in [6.07, 6.45) is -2.57. The normalized spacial score (nSPS) is 20.6. The second kappa shape index (κ2) is 11.6. The maximum atomic E-state index is 16.6. The van der Waals surface area contributed by atoms with Gasteiger partial charge in [-0.2, -0.15) is 23.1 Å². The van der Waals surface area contributed by atoms with Crippen molar-refractivity contribution in [2.75, 3.05) is 43.6 Å². The van der Waals surface area contributed by atoms with Crippen molar-refractivity contribution in [3.63, 3.8) is 0 Å². The van der Waals surface area contributed by atoms with E-state index in [1.807, 2.05) is 4.90 Å². The fourth-order valence-corrected chi connectivity index (χ4v) is 6.58. The summed E-state index contributed by atoms with van der Waals surface area (Å²) in [6, 6.07) is 3.52. The Morgan fingerprint density at radius 2 is 1.98 bits per heavy atom. The minimum Gasteiger partial charge on any atom is -0.480 e. The lowest BCUT2D eigenvalue weighted by molar-refractivity contribution is -0.137. The fourth-order valence-electron chi connectivity index (χ4n) is 6.58. The van der Waals surface area contributed by atoms with Crippen molar-refractivity contribution in [3.05, 3.63) is 47.0 Å². The third-order valence-corrected chi connectivity index (χ3v) is 8.61. The number of fused-ring (bicyclic) bond motifs is 2. The Balaban J connectivity index is 1.53. The first-order valence-electron chi connectivity index (χ1n) is 14.6. The highest BCUT2D eigenvalue weighted by Gasteiger charge is 2.49. The largest absolute Gasteiger partial charge is 0.480 e. The average Bonchev–Trinajstić information content (AvgIpc) is 3.51. The highest BCUT2D eigenvalue weighted by atomic mass is 19.4. The Bertz CT molecular complexity index is 1810. The van der Waals surface area contributed by atoms with Crippen molar-refractivity contribution in [1.82, 2.24) is 29.8 Å². The van der Waals surface area contributed by atoms with Crippen LogP contribution in [0.4, 0.5) is 39.4 Å². The third kappa shape index (κ3) is 5.54. The molecule has 3 atom stereocenters. The van der Waals surface area contributed by atoms with Gasteiger partial charge in [-0.05, 0) is 45.4 Å². The summed E-state index contributed by atoms with van der Waals surface area (Å²) >= 11 is 0. The maximum absolute atomic E-state index is 16.6. The van der Waals surface area contributed by atoms with Gasteiger partial charge in [-0.3, -0.25) is 4.90 Å². The van der Waals surface area contributed by atoms with Crippen molar-refractivity contribution >= 4 is 28.4 Å². The number of ether oxygens (including phenoxy) is 2.